The molecule has 0 fully saturated rings. The normalized spacial score (nSPS) is 10.2. The summed E-state index contributed by atoms with van der Waals surface area (Å²) in [5.74, 6) is 1.13. The zero-order valence-electron chi connectivity index (χ0n) is 11.9. The lowest BCUT2D eigenvalue weighted by atomic mass is 10.1. The van der Waals surface area contributed by atoms with Crippen molar-refractivity contribution in [2.45, 2.75) is 20.0 Å². The van der Waals surface area contributed by atoms with Crippen molar-refractivity contribution in [3.05, 3.63) is 53.7 Å². The van der Waals surface area contributed by atoms with Gasteiger partial charge in [-0.05, 0) is 36.2 Å². The molecule has 5 heteroatoms. The highest BCUT2D eigenvalue weighted by molar-refractivity contribution is 5.91. The van der Waals surface area contributed by atoms with Crippen molar-refractivity contribution >= 4 is 11.7 Å². The van der Waals surface area contributed by atoms with Crippen LogP contribution in [0, 0.1) is 0 Å². The minimum absolute atomic E-state index is 0.0621. The summed E-state index contributed by atoms with van der Waals surface area (Å²) in [5.41, 5.74) is 1.61. The summed E-state index contributed by atoms with van der Waals surface area (Å²) in [4.78, 5) is 16.0. The molecule has 0 aliphatic rings. The number of aliphatic hydroxyl groups is 1. The molecule has 2 rings (SSSR count). The summed E-state index contributed by atoms with van der Waals surface area (Å²) in [7, 11) is 0. The molecule has 2 N–H and O–H groups in total. The molecule has 1 aromatic heterocycles. The number of pyridine rings is 1. The predicted octanol–water partition coefficient (Wildman–Crippen LogP) is 2.15. The van der Waals surface area contributed by atoms with E-state index >= 15 is 0 Å². The Morgan fingerprint density at radius 3 is 2.48 bits per heavy atom. The maximum atomic E-state index is 11.9. The van der Waals surface area contributed by atoms with E-state index in [0.717, 1.165) is 11.3 Å². The molecule has 1 amide bonds. The highest BCUT2D eigenvalue weighted by Crippen LogP contribution is 2.13. The third-order valence-corrected chi connectivity index (χ3v) is 2.87. The van der Waals surface area contributed by atoms with Crippen LogP contribution < -0.4 is 10.1 Å². The average molecular weight is 286 g/mol. The van der Waals surface area contributed by atoms with Crippen LogP contribution in [0.3, 0.4) is 0 Å². The van der Waals surface area contributed by atoms with Crippen molar-refractivity contribution in [1.82, 2.24) is 4.98 Å². The highest BCUT2D eigenvalue weighted by atomic mass is 16.5. The Balaban J connectivity index is 1.91. The molecule has 1 aromatic carbocycles. The number of ether oxygens (including phenoxy) is 1. The number of nitrogens with one attached hydrogen (secondary N) is 1. The molecule has 0 aliphatic carbocycles. The maximum absolute atomic E-state index is 11.9. The molecule has 0 saturated carbocycles. The van der Waals surface area contributed by atoms with Gasteiger partial charge in [0, 0.05) is 6.20 Å². The highest BCUT2D eigenvalue weighted by Gasteiger charge is 2.05. The van der Waals surface area contributed by atoms with E-state index < -0.39 is 0 Å². The number of aromatic nitrogens is 1. The van der Waals surface area contributed by atoms with Crippen molar-refractivity contribution in [1.29, 1.82) is 0 Å². The summed E-state index contributed by atoms with van der Waals surface area (Å²) in [6.45, 7) is 2.49. The maximum Gasteiger partial charge on any atom is 0.229 e. The smallest absolute Gasteiger partial charge is 0.229 e. The van der Waals surface area contributed by atoms with Crippen LogP contribution in [0.5, 0.6) is 5.75 Å². The number of rotatable bonds is 6. The van der Waals surface area contributed by atoms with Crippen LogP contribution in [-0.4, -0.2) is 22.6 Å². The number of benzene rings is 1. The minimum Gasteiger partial charge on any atom is -0.494 e. The Morgan fingerprint density at radius 2 is 1.90 bits per heavy atom. The number of nitrogens with zero attached hydrogens (tertiary/aromatic N) is 1. The Labute approximate surface area is 123 Å². The fourth-order valence-electron chi connectivity index (χ4n) is 1.83. The predicted molar refractivity (Wildman–Crippen MR) is 80.1 cm³/mol. The van der Waals surface area contributed by atoms with Crippen LogP contribution in [0.1, 0.15) is 18.1 Å². The standard InChI is InChI=1S/C16H18N2O3/c1-2-21-14-6-3-12(4-7-14)9-16(20)18-15-8-5-13(11-19)10-17-15/h3-8,10,19H,2,9,11H2,1H3,(H,17,18,20). The van der Waals surface area contributed by atoms with E-state index in [1.54, 1.807) is 12.1 Å². The molecule has 0 bridgehead atoms. The van der Waals surface area contributed by atoms with Crippen LogP contribution in [0.15, 0.2) is 42.6 Å². The molecule has 0 unspecified atom stereocenters. The molecular weight excluding hydrogens is 268 g/mol. The van der Waals surface area contributed by atoms with Gasteiger partial charge >= 0.3 is 0 Å². The van der Waals surface area contributed by atoms with E-state index in [9.17, 15) is 4.79 Å². The second kappa shape index (κ2) is 7.40. The molecule has 1 heterocycles. The van der Waals surface area contributed by atoms with Gasteiger partial charge in [0.25, 0.3) is 0 Å². The molecule has 0 atom stereocenters. The Hall–Kier alpha value is -2.40. The first-order chi connectivity index (χ1) is 10.2. The van der Waals surface area contributed by atoms with Crippen molar-refractivity contribution in [2.24, 2.45) is 0 Å². The van der Waals surface area contributed by atoms with Crippen molar-refractivity contribution in [2.75, 3.05) is 11.9 Å². The number of carbonyl (C=O) groups is 1. The third-order valence-electron chi connectivity index (χ3n) is 2.87. The third kappa shape index (κ3) is 4.57. The van der Waals surface area contributed by atoms with Crippen molar-refractivity contribution in [3.63, 3.8) is 0 Å². The van der Waals surface area contributed by atoms with Gasteiger partial charge in [-0.2, -0.15) is 0 Å². The Bertz CT molecular complexity index is 579. The molecule has 0 saturated heterocycles. The van der Waals surface area contributed by atoms with Gasteiger partial charge < -0.3 is 15.2 Å². The lowest BCUT2D eigenvalue weighted by Crippen LogP contribution is -2.15. The van der Waals surface area contributed by atoms with Gasteiger partial charge in [0.1, 0.15) is 11.6 Å². The number of anilines is 1. The average Bonchev–Trinajstić information content (AvgIpc) is 2.50. The SMILES string of the molecule is CCOc1ccc(CC(=O)Nc2ccc(CO)cn2)cc1. The van der Waals surface area contributed by atoms with E-state index in [1.165, 1.54) is 6.20 Å². The fourth-order valence-corrected chi connectivity index (χ4v) is 1.83. The summed E-state index contributed by atoms with van der Waals surface area (Å²) in [6.07, 6.45) is 1.81. The number of hydrogen-bond donors (Lipinski definition) is 2. The molecule has 0 spiro atoms. The van der Waals surface area contributed by atoms with E-state index in [1.807, 2.05) is 31.2 Å². The van der Waals surface area contributed by atoms with Crippen LogP contribution >= 0.6 is 0 Å². The lowest BCUT2D eigenvalue weighted by molar-refractivity contribution is -0.115. The topological polar surface area (TPSA) is 71.5 Å². The molecular formula is C16H18N2O3. The summed E-state index contributed by atoms with van der Waals surface area (Å²) in [5, 5.41) is 11.6. The molecule has 2 aromatic rings. The summed E-state index contributed by atoms with van der Waals surface area (Å²) >= 11 is 0. The summed E-state index contributed by atoms with van der Waals surface area (Å²) in [6, 6.07) is 10.8. The molecule has 0 aliphatic heterocycles. The Kier molecular flexibility index (Phi) is 5.29. The first-order valence-electron chi connectivity index (χ1n) is 6.78. The van der Waals surface area contributed by atoms with Crippen LogP contribution in [0.2, 0.25) is 0 Å². The van der Waals surface area contributed by atoms with Gasteiger partial charge in [-0.1, -0.05) is 18.2 Å². The fraction of sp³-hybridized carbons (Fsp3) is 0.250. The molecule has 5 nitrogen and oxygen atoms in total. The van der Waals surface area contributed by atoms with Crippen LogP contribution in [-0.2, 0) is 17.8 Å². The van der Waals surface area contributed by atoms with Crippen LogP contribution in [0.4, 0.5) is 5.82 Å². The van der Waals surface area contributed by atoms with Crippen molar-refractivity contribution in [3.8, 4) is 5.75 Å². The zero-order valence-corrected chi connectivity index (χ0v) is 11.9. The lowest BCUT2D eigenvalue weighted by Gasteiger charge is -2.06. The van der Waals surface area contributed by atoms with Gasteiger partial charge in [-0.15, -0.1) is 0 Å². The minimum atomic E-state index is -0.136. The quantitative estimate of drug-likeness (QED) is 0.853. The van der Waals surface area contributed by atoms with E-state index in [-0.39, 0.29) is 18.9 Å². The number of aliphatic hydroxyl groups excluding tert-OH is 1. The number of hydrogen-bond acceptors (Lipinski definition) is 4. The first-order valence-corrected chi connectivity index (χ1v) is 6.78. The van der Waals surface area contributed by atoms with E-state index in [2.05, 4.69) is 10.3 Å². The molecule has 21 heavy (non-hydrogen) atoms. The van der Waals surface area contributed by atoms with E-state index in [0.29, 0.717) is 18.0 Å². The van der Waals surface area contributed by atoms with Gasteiger partial charge in [0.2, 0.25) is 5.91 Å². The molecule has 0 radical (unpaired) electrons. The molecule has 110 valence electrons. The van der Waals surface area contributed by atoms with Crippen LogP contribution in [0.25, 0.3) is 0 Å². The first kappa shape index (κ1) is 15.0. The second-order valence-electron chi connectivity index (χ2n) is 4.51. The van der Waals surface area contributed by atoms with Gasteiger partial charge in [0.05, 0.1) is 19.6 Å². The second-order valence-corrected chi connectivity index (χ2v) is 4.51. The summed E-state index contributed by atoms with van der Waals surface area (Å²) < 4.78 is 5.35. The van der Waals surface area contributed by atoms with Gasteiger partial charge in [-0.3, -0.25) is 4.79 Å². The zero-order chi connectivity index (χ0) is 15.1. The number of carbonyl (C=O) groups excluding carboxylic acids is 1. The number of amides is 1. The van der Waals surface area contributed by atoms with Crippen molar-refractivity contribution < 1.29 is 14.6 Å². The Morgan fingerprint density at radius 1 is 1.19 bits per heavy atom. The largest absolute Gasteiger partial charge is 0.494 e. The van der Waals surface area contributed by atoms with Gasteiger partial charge in [-0.25, -0.2) is 4.98 Å². The van der Waals surface area contributed by atoms with E-state index in [4.69, 9.17) is 9.84 Å². The monoisotopic (exact) mass is 286 g/mol. The van der Waals surface area contributed by atoms with Gasteiger partial charge in [0.15, 0.2) is 0 Å².